The predicted molar refractivity (Wildman–Crippen MR) is 110 cm³/mol. The lowest BCUT2D eigenvalue weighted by Crippen LogP contribution is -2.29. The summed E-state index contributed by atoms with van der Waals surface area (Å²) in [5, 5.41) is 13.5. The molecule has 0 aliphatic heterocycles. The number of aliphatic hydroxyl groups excluding tert-OH is 1. The van der Waals surface area contributed by atoms with E-state index in [1.807, 2.05) is 0 Å². The molecule has 7 nitrogen and oxygen atoms in total. The van der Waals surface area contributed by atoms with Gasteiger partial charge in [-0.3, -0.25) is 9.36 Å². The number of hydrogen-bond donors (Lipinski definition) is 2. The number of nitrogens with one attached hydrogen (secondary N) is 1. The van der Waals surface area contributed by atoms with Crippen molar-refractivity contribution in [2.45, 2.75) is 37.8 Å². The van der Waals surface area contributed by atoms with E-state index in [0.29, 0.717) is 17.0 Å². The van der Waals surface area contributed by atoms with Gasteiger partial charge in [-0.1, -0.05) is 12.1 Å². The molecule has 4 rings (SSSR count). The number of halogens is 2. The van der Waals surface area contributed by atoms with Crippen LogP contribution in [0, 0.1) is 5.82 Å². The fraction of sp³-hybridized carbons (Fsp3) is 0.350. The molecule has 1 fully saturated rings. The van der Waals surface area contributed by atoms with Gasteiger partial charge in [0.2, 0.25) is 5.95 Å². The zero-order valence-corrected chi connectivity index (χ0v) is 16.7. The van der Waals surface area contributed by atoms with Crippen LogP contribution >= 0.6 is 12.4 Å². The minimum Gasteiger partial charge on any atom is -0.448 e. The highest BCUT2D eigenvalue weighted by molar-refractivity contribution is 5.85. The number of nitrogens with zero attached hydrogens (tertiary/aromatic N) is 3. The molecular formula is C20H22ClFN4O3. The van der Waals surface area contributed by atoms with E-state index in [4.69, 9.17) is 4.74 Å². The van der Waals surface area contributed by atoms with Gasteiger partial charge in [0.15, 0.2) is 17.3 Å². The first kappa shape index (κ1) is 21.0. The van der Waals surface area contributed by atoms with Gasteiger partial charge in [0, 0.05) is 24.7 Å². The second kappa shape index (κ2) is 8.75. The Morgan fingerprint density at radius 3 is 2.66 bits per heavy atom. The lowest BCUT2D eigenvalue weighted by Gasteiger charge is -2.26. The molecule has 0 saturated heterocycles. The second-order valence-corrected chi connectivity index (χ2v) is 7.03. The van der Waals surface area contributed by atoms with E-state index in [9.17, 15) is 14.3 Å². The van der Waals surface area contributed by atoms with Crippen molar-refractivity contribution in [3.63, 3.8) is 0 Å². The van der Waals surface area contributed by atoms with Gasteiger partial charge < -0.3 is 15.2 Å². The van der Waals surface area contributed by atoms with Crippen molar-refractivity contribution in [1.29, 1.82) is 0 Å². The van der Waals surface area contributed by atoms with Crippen LogP contribution in [0.5, 0.6) is 11.5 Å². The molecule has 0 bridgehead atoms. The number of para-hydroxylation sites is 1. The lowest BCUT2D eigenvalue weighted by molar-refractivity contribution is 0.126. The molecule has 0 radical (unpaired) electrons. The van der Waals surface area contributed by atoms with E-state index in [0.717, 1.165) is 25.7 Å². The van der Waals surface area contributed by atoms with Crippen LogP contribution in [0.3, 0.4) is 0 Å². The van der Waals surface area contributed by atoms with E-state index in [1.54, 1.807) is 25.4 Å². The summed E-state index contributed by atoms with van der Waals surface area (Å²) >= 11 is 0. The molecule has 1 aromatic carbocycles. The van der Waals surface area contributed by atoms with Crippen LogP contribution in [0.25, 0.3) is 11.0 Å². The van der Waals surface area contributed by atoms with Gasteiger partial charge in [-0.25, -0.2) is 9.37 Å². The first-order chi connectivity index (χ1) is 13.5. The quantitative estimate of drug-likeness (QED) is 0.672. The molecule has 1 aliphatic carbocycles. The molecule has 3 aromatic rings. The monoisotopic (exact) mass is 420 g/mol. The summed E-state index contributed by atoms with van der Waals surface area (Å²) in [6, 6.07) is 7.63. The number of pyridine rings is 1. The Hall–Kier alpha value is -2.71. The minimum absolute atomic E-state index is 0. The van der Waals surface area contributed by atoms with E-state index >= 15 is 0 Å². The lowest BCUT2D eigenvalue weighted by atomic mass is 9.93. The highest BCUT2D eigenvalue weighted by Crippen LogP contribution is 2.25. The van der Waals surface area contributed by atoms with Crippen molar-refractivity contribution in [2.24, 2.45) is 7.05 Å². The summed E-state index contributed by atoms with van der Waals surface area (Å²) in [5.74, 6) is -0.118. The second-order valence-electron chi connectivity index (χ2n) is 7.03. The summed E-state index contributed by atoms with van der Waals surface area (Å²) in [4.78, 5) is 21.4. The Labute approximate surface area is 173 Å². The van der Waals surface area contributed by atoms with Crippen molar-refractivity contribution >= 4 is 29.4 Å². The summed E-state index contributed by atoms with van der Waals surface area (Å²) in [5.41, 5.74) is 0.0421. The van der Waals surface area contributed by atoms with Gasteiger partial charge in [0.05, 0.1) is 6.10 Å². The molecule has 1 saturated carbocycles. The Bertz CT molecular complexity index is 1070. The fourth-order valence-electron chi connectivity index (χ4n) is 3.41. The zero-order valence-electron chi connectivity index (χ0n) is 15.8. The van der Waals surface area contributed by atoms with Crippen molar-refractivity contribution in [3.05, 3.63) is 52.7 Å². The normalized spacial score (nSPS) is 18.9. The van der Waals surface area contributed by atoms with E-state index < -0.39 is 11.4 Å². The predicted octanol–water partition coefficient (Wildman–Crippen LogP) is 3.40. The SMILES string of the molecule is Cl.Cn1c(=O)c(Oc2ccccc2F)cc2cnc(NC3CCC(O)CC3)nc21. The Morgan fingerprint density at radius 1 is 1.21 bits per heavy atom. The smallest absolute Gasteiger partial charge is 0.294 e. The Kier molecular flexibility index (Phi) is 6.34. The minimum atomic E-state index is -0.543. The molecule has 2 heterocycles. The van der Waals surface area contributed by atoms with Crippen molar-refractivity contribution in [3.8, 4) is 11.5 Å². The Balaban J connectivity index is 0.00000240. The van der Waals surface area contributed by atoms with Gasteiger partial charge in [-0.15, -0.1) is 12.4 Å². The molecule has 1 aliphatic rings. The van der Waals surface area contributed by atoms with Gasteiger partial charge in [0.25, 0.3) is 5.56 Å². The van der Waals surface area contributed by atoms with Crippen molar-refractivity contribution < 1.29 is 14.2 Å². The molecule has 29 heavy (non-hydrogen) atoms. The van der Waals surface area contributed by atoms with Crippen LogP contribution < -0.4 is 15.6 Å². The molecule has 154 valence electrons. The van der Waals surface area contributed by atoms with Crippen LogP contribution in [0.4, 0.5) is 10.3 Å². The van der Waals surface area contributed by atoms with Crippen LogP contribution in [0.2, 0.25) is 0 Å². The molecule has 0 amide bonds. The number of aromatic nitrogens is 3. The first-order valence-corrected chi connectivity index (χ1v) is 9.25. The third-order valence-corrected chi connectivity index (χ3v) is 5.00. The highest BCUT2D eigenvalue weighted by Gasteiger charge is 2.20. The summed E-state index contributed by atoms with van der Waals surface area (Å²) < 4.78 is 20.7. The van der Waals surface area contributed by atoms with Gasteiger partial charge in [0.1, 0.15) is 5.65 Å². The van der Waals surface area contributed by atoms with Gasteiger partial charge in [-0.05, 0) is 43.9 Å². The van der Waals surface area contributed by atoms with Gasteiger partial charge in [-0.2, -0.15) is 4.98 Å². The van der Waals surface area contributed by atoms with Crippen LogP contribution in [-0.4, -0.2) is 31.8 Å². The first-order valence-electron chi connectivity index (χ1n) is 9.25. The number of fused-ring (bicyclic) bond motifs is 1. The van der Waals surface area contributed by atoms with Crippen molar-refractivity contribution in [1.82, 2.24) is 14.5 Å². The highest BCUT2D eigenvalue weighted by atomic mass is 35.5. The third kappa shape index (κ3) is 4.49. The number of rotatable bonds is 4. The van der Waals surface area contributed by atoms with Crippen LogP contribution in [0.1, 0.15) is 25.7 Å². The maximum Gasteiger partial charge on any atom is 0.294 e. The summed E-state index contributed by atoms with van der Waals surface area (Å²) in [6.07, 6.45) is 4.56. The van der Waals surface area contributed by atoms with E-state index in [1.165, 1.54) is 22.8 Å². The van der Waals surface area contributed by atoms with E-state index in [2.05, 4.69) is 15.3 Å². The van der Waals surface area contributed by atoms with E-state index in [-0.39, 0.29) is 36.1 Å². The molecule has 0 unspecified atom stereocenters. The number of benzene rings is 1. The molecular weight excluding hydrogens is 399 g/mol. The fourth-order valence-corrected chi connectivity index (χ4v) is 3.41. The zero-order chi connectivity index (χ0) is 19.7. The number of aryl methyl sites for hydroxylation is 1. The summed E-state index contributed by atoms with van der Waals surface area (Å²) in [6.45, 7) is 0. The number of hydrogen-bond acceptors (Lipinski definition) is 6. The molecule has 0 spiro atoms. The molecule has 9 heteroatoms. The topological polar surface area (TPSA) is 89.3 Å². The number of aliphatic hydroxyl groups is 1. The van der Waals surface area contributed by atoms with Crippen molar-refractivity contribution in [2.75, 3.05) is 5.32 Å². The molecule has 2 N–H and O–H groups in total. The molecule has 2 aromatic heterocycles. The summed E-state index contributed by atoms with van der Waals surface area (Å²) in [7, 11) is 1.59. The number of ether oxygens (including phenoxy) is 1. The average molecular weight is 421 g/mol. The third-order valence-electron chi connectivity index (χ3n) is 5.00. The maximum atomic E-state index is 13.8. The standard InChI is InChI=1S/C20H21FN4O3.ClH/c1-25-18-12(10-17(19(25)27)28-16-5-3-2-4-15(16)21)11-22-20(24-18)23-13-6-8-14(26)9-7-13;/h2-5,10-11,13-14,26H,6-9H2,1H3,(H,22,23,24);1H. The largest absolute Gasteiger partial charge is 0.448 e. The maximum absolute atomic E-state index is 13.8. The van der Waals surface area contributed by atoms with Crippen LogP contribution in [0.15, 0.2) is 41.3 Å². The van der Waals surface area contributed by atoms with Gasteiger partial charge >= 0.3 is 0 Å². The van der Waals surface area contributed by atoms with Crippen LogP contribution in [-0.2, 0) is 7.05 Å². The molecule has 0 atom stereocenters. The Morgan fingerprint density at radius 2 is 1.93 bits per heavy atom. The number of anilines is 1. The average Bonchev–Trinajstić information content (AvgIpc) is 2.70.